The van der Waals surface area contributed by atoms with Gasteiger partial charge in [0.15, 0.2) is 11.7 Å². The van der Waals surface area contributed by atoms with E-state index in [0.29, 0.717) is 17.9 Å². The Morgan fingerprint density at radius 2 is 2.12 bits per heavy atom. The molecule has 26 heavy (non-hydrogen) atoms. The number of carbonyl (C=O) groups is 1. The van der Waals surface area contributed by atoms with E-state index in [1.54, 1.807) is 37.6 Å². The van der Waals surface area contributed by atoms with Crippen molar-refractivity contribution in [1.29, 1.82) is 5.26 Å². The van der Waals surface area contributed by atoms with E-state index in [-0.39, 0.29) is 5.78 Å². The van der Waals surface area contributed by atoms with E-state index in [1.807, 2.05) is 12.1 Å². The number of benzene rings is 1. The molecule has 1 aromatic carbocycles. The van der Waals surface area contributed by atoms with Crippen molar-refractivity contribution in [2.75, 3.05) is 13.7 Å². The van der Waals surface area contributed by atoms with Crippen molar-refractivity contribution in [3.8, 4) is 6.07 Å². The molecule has 132 valence electrons. The Kier molecular flexibility index (Phi) is 5.15. The molecular formula is C21H21N3O2. The van der Waals surface area contributed by atoms with Crippen LogP contribution < -0.4 is 0 Å². The Bertz CT molecular complexity index is 984. The molecule has 1 atom stereocenters. The quantitative estimate of drug-likeness (QED) is 0.636. The SMILES string of the molecule is COCCn1c(C)c(C)c2cc(C(=O)[C@@H](C#N)c3ccccn3)ccc21. The Balaban J connectivity index is 2.02. The topological polar surface area (TPSA) is 67.9 Å². The van der Waals surface area contributed by atoms with Crippen molar-refractivity contribution in [3.63, 3.8) is 0 Å². The zero-order valence-electron chi connectivity index (χ0n) is 15.2. The minimum Gasteiger partial charge on any atom is -0.383 e. The number of aromatic nitrogens is 2. The Labute approximate surface area is 152 Å². The summed E-state index contributed by atoms with van der Waals surface area (Å²) in [6.45, 7) is 5.50. The Morgan fingerprint density at radius 1 is 1.31 bits per heavy atom. The van der Waals surface area contributed by atoms with Crippen molar-refractivity contribution in [2.24, 2.45) is 0 Å². The first-order chi connectivity index (χ1) is 12.6. The zero-order valence-corrected chi connectivity index (χ0v) is 15.2. The van der Waals surface area contributed by atoms with Crippen molar-refractivity contribution in [3.05, 3.63) is 65.1 Å². The van der Waals surface area contributed by atoms with E-state index >= 15 is 0 Å². The lowest BCUT2D eigenvalue weighted by Gasteiger charge is -2.09. The molecule has 0 N–H and O–H groups in total. The maximum atomic E-state index is 12.9. The molecule has 3 aromatic rings. The predicted octanol–water partition coefficient (Wildman–Crippen LogP) is 3.79. The van der Waals surface area contributed by atoms with E-state index in [1.165, 1.54) is 0 Å². The van der Waals surface area contributed by atoms with E-state index in [4.69, 9.17) is 4.74 Å². The van der Waals surface area contributed by atoms with Gasteiger partial charge in [-0.05, 0) is 49.7 Å². The molecule has 0 aliphatic rings. The van der Waals surface area contributed by atoms with Crippen LogP contribution in [0.3, 0.4) is 0 Å². The molecule has 0 amide bonds. The van der Waals surface area contributed by atoms with Gasteiger partial charge in [0.25, 0.3) is 0 Å². The van der Waals surface area contributed by atoms with Crippen LogP contribution in [-0.4, -0.2) is 29.1 Å². The smallest absolute Gasteiger partial charge is 0.186 e. The molecule has 3 rings (SSSR count). The number of pyridine rings is 1. The predicted molar refractivity (Wildman–Crippen MR) is 100 cm³/mol. The fourth-order valence-corrected chi connectivity index (χ4v) is 3.25. The van der Waals surface area contributed by atoms with E-state index < -0.39 is 5.92 Å². The molecular weight excluding hydrogens is 326 g/mol. The summed E-state index contributed by atoms with van der Waals surface area (Å²) in [6.07, 6.45) is 1.60. The second kappa shape index (κ2) is 7.51. The maximum absolute atomic E-state index is 12.9. The highest BCUT2D eigenvalue weighted by molar-refractivity contribution is 6.05. The van der Waals surface area contributed by atoms with Crippen LogP contribution in [-0.2, 0) is 11.3 Å². The molecule has 2 aromatic heterocycles. The number of carbonyl (C=O) groups excluding carboxylic acids is 1. The van der Waals surface area contributed by atoms with Gasteiger partial charge >= 0.3 is 0 Å². The van der Waals surface area contributed by atoms with Crippen LogP contribution in [0.4, 0.5) is 0 Å². The molecule has 0 spiro atoms. The van der Waals surface area contributed by atoms with Gasteiger partial charge in [0.2, 0.25) is 0 Å². The summed E-state index contributed by atoms with van der Waals surface area (Å²) in [5.74, 6) is -1.12. The number of hydrogen-bond acceptors (Lipinski definition) is 4. The number of methoxy groups -OCH3 is 1. The fraction of sp³-hybridized carbons (Fsp3) is 0.286. The van der Waals surface area contributed by atoms with Crippen LogP contribution in [0.2, 0.25) is 0 Å². The molecule has 0 saturated heterocycles. The molecule has 0 bridgehead atoms. The van der Waals surface area contributed by atoms with Crippen LogP contribution >= 0.6 is 0 Å². The van der Waals surface area contributed by atoms with Gasteiger partial charge in [-0.3, -0.25) is 9.78 Å². The molecule has 0 fully saturated rings. The van der Waals surface area contributed by atoms with Crippen molar-refractivity contribution >= 4 is 16.7 Å². The molecule has 0 aliphatic carbocycles. The number of aryl methyl sites for hydroxylation is 1. The molecule has 0 aliphatic heterocycles. The van der Waals surface area contributed by atoms with Crippen molar-refractivity contribution < 1.29 is 9.53 Å². The summed E-state index contributed by atoms with van der Waals surface area (Å²) in [5, 5.41) is 10.5. The highest BCUT2D eigenvalue weighted by Gasteiger charge is 2.24. The summed E-state index contributed by atoms with van der Waals surface area (Å²) >= 11 is 0. The third-order valence-electron chi connectivity index (χ3n) is 4.82. The second-order valence-electron chi connectivity index (χ2n) is 6.27. The van der Waals surface area contributed by atoms with Crippen molar-refractivity contribution in [1.82, 2.24) is 9.55 Å². The van der Waals surface area contributed by atoms with Crippen LogP contribution in [0.15, 0.2) is 42.6 Å². The van der Waals surface area contributed by atoms with Gasteiger partial charge in [-0.25, -0.2) is 0 Å². The van der Waals surface area contributed by atoms with Gasteiger partial charge in [-0.1, -0.05) is 6.07 Å². The molecule has 2 heterocycles. The highest BCUT2D eigenvalue weighted by atomic mass is 16.5. The monoisotopic (exact) mass is 347 g/mol. The molecule has 0 radical (unpaired) electrons. The lowest BCUT2D eigenvalue weighted by atomic mass is 9.94. The summed E-state index contributed by atoms with van der Waals surface area (Å²) in [6, 6.07) is 13.0. The summed E-state index contributed by atoms with van der Waals surface area (Å²) in [4.78, 5) is 17.1. The number of Topliss-reactive ketones (excluding diaryl/α,β-unsaturated/α-hetero) is 1. The van der Waals surface area contributed by atoms with Crippen LogP contribution in [0.1, 0.15) is 33.2 Å². The first-order valence-electron chi connectivity index (χ1n) is 8.51. The zero-order chi connectivity index (χ0) is 18.7. The molecule has 5 heteroatoms. The van der Waals surface area contributed by atoms with Gasteiger partial charge < -0.3 is 9.30 Å². The van der Waals surface area contributed by atoms with Gasteiger partial charge in [0.05, 0.1) is 18.4 Å². The molecule has 0 unspecified atom stereocenters. The third-order valence-corrected chi connectivity index (χ3v) is 4.82. The van der Waals surface area contributed by atoms with Crippen LogP contribution in [0.5, 0.6) is 0 Å². The number of nitrogens with zero attached hydrogens (tertiary/aromatic N) is 3. The number of rotatable bonds is 6. The van der Waals surface area contributed by atoms with E-state index in [0.717, 1.165) is 28.7 Å². The lowest BCUT2D eigenvalue weighted by Crippen LogP contribution is -2.12. The second-order valence-corrected chi connectivity index (χ2v) is 6.27. The summed E-state index contributed by atoms with van der Waals surface area (Å²) in [7, 11) is 1.68. The standard InChI is InChI=1S/C21H21N3O2/c1-14-15(2)24(10-11-26-3)20-8-7-16(12-17(14)20)21(25)18(13-22)19-6-4-5-9-23-19/h4-9,12,18H,10-11H2,1-3H3/t18-/m0/s1. The maximum Gasteiger partial charge on any atom is 0.186 e. The number of nitriles is 1. The molecule has 0 saturated carbocycles. The van der Waals surface area contributed by atoms with Crippen LogP contribution in [0, 0.1) is 25.2 Å². The van der Waals surface area contributed by atoms with Gasteiger partial charge in [0, 0.05) is 42.0 Å². The normalized spacial score (nSPS) is 12.1. The minimum atomic E-state index is -0.898. The lowest BCUT2D eigenvalue weighted by molar-refractivity contribution is 0.0977. The summed E-state index contributed by atoms with van der Waals surface area (Å²) < 4.78 is 7.40. The van der Waals surface area contributed by atoms with Gasteiger partial charge in [-0.2, -0.15) is 5.26 Å². The van der Waals surface area contributed by atoms with E-state index in [2.05, 4.69) is 29.5 Å². The Hall–Kier alpha value is -2.97. The number of ether oxygens (including phenoxy) is 1. The van der Waals surface area contributed by atoms with E-state index in [9.17, 15) is 10.1 Å². The average Bonchev–Trinajstić information content (AvgIpc) is 2.91. The van der Waals surface area contributed by atoms with Gasteiger partial charge in [0.1, 0.15) is 0 Å². The Morgan fingerprint density at radius 3 is 2.77 bits per heavy atom. The first kappa shape index (κ1) is 17.8. The number of hydrogen-bond donors (Lipinski definition) is 0. The summed E-state index contributed by atoms with van der Waals surface area (Å²) in [5.41, 5.74) is 4.37. The molecule has 5 nitrogen and oxygen atoms in total. The highest BCUT2D eigenvalue weighted by Crippen LogP contribution is 2.28. The van der Waals surface area contributed by atoms with Gasteiger partial charge in [-0.15, -0.1) is 0 Å². The van der Waals surface area contributed by atoms with Crippen LogP contribution in [0.25, 0.3) is 10.9 Å². The largest absolute Gasteiger partial charge is 0.383 e. The fourth-order valence-electron chi connectivity index (χ4n) is 3.25. The van der Waals surface area contributed by atoms with Crippen molar-refractivity contribution in [2.45, 2.75) is 26.3 Å². The number of fused-ring (bicyclic) bond motifs is 1. The first-order valence-corrected chi connectivity index (χ1v) is 8.51. The average molecular weight is 347 g/mol. The minimum absolute atomic E-state index is 0.227. The number of ketones is 1. The third kappa shape index (κ3) is 3.12.